The lowest BCUT2D eigenvalue weighted by Gasteiger charge is -2.31. The number of likely N-dealkylation sites (tertiary alicyclic amines) is 1. The van der Waals surface area contributed by atoms with Crippen LogP contribution in [-0.4, -0.2) is 74.6 Å². The van der Waals surface area contributed by atoms with Crippen LogP contribution in [0, 0.1) is 5.92 Å². The summed E-state index contributed by atoms with van der Waals surface area (Å²) in [6.07, 6.45) is 3.16. The quantitative estimate of drug-likeness (QED) is 0.373. The number of piperidine rings is 1. The number of fused-ring (bicyclic) bond motifs is 1. The Hall–Kier alpha value is -2.80. The largest absolute Gasteiger partial charge is 0.497 e. The van der Waals surface area contributed by atoms with Crippen molar-refractivity contribution in [2.75, 3.05) is 45.4 Å². The van der Waals surface area contributed by atoms with Crippen LogP contribution in [0.3, 0.4) is 0 Å². The SMILES string of the molecule is COc1cccc(CNC(=O)c2nc3scc(COCC4CCN(CCS(C)(=O)=O)CC4)c3c(=O)[nH]2)c1. The Morgan fingerprint density at radius 2 is 2.08 bits per heavy atom. The van der Waals surface area contributed by atoms with Gasteiger partial charge in [0.1, 0.15) is 20.4 Å². The van der Waals surface area contributed by atoms with Gasteiger partial charge in [-0.25, -0.2) is 13.4 Å². The van der Waals surface area contributed by atoms with Crippen molar-refractivity contribution < 1.29 is 22.7 Å². The van der Waals surface area contributed by atoms with E-state index < -0.39 is 15.7 Å². The van der Waals surface area contributed by atoms with Crippen LogP contribution in [-0.2, 0) is 27.7 Å². The van der Waals surface area contributed by atoms with Gasteiger partial charge in [-0.3, -0.25) is 9.59 Å². The number of aromatic nitrogens is 2. The van der Waals surface area contributed by atoms with Crippen LogP contribution in [0.25, 0.3) is 10.2 Å². The number of aromatic amines is 1. The average molecular weight is 549 g/mol. The maximum absolute atomic E-state index is 12.8. The summed E-state index contributed by atoms with van der Waals surface area (Å²) in [7, 11) is -1.37. The standard InChI is InChI=1S/C25H32N4O6S2/c1-34-20-5-3-4-18(12-20)13-26-24(31)22-27-23(30)21-19(16-36-25(21)28-22)15-35-14-17-6-8-29(9-7-17)10-11-37(2,32)33/h3-5,12,16-17H,6-11,13-15H2,1-2H3,(H,26,31)(H,27,28,30). The lowest BCUT2D eigenvalue weighted by molar-refractivity contribution is 0.0595. The minimum Gasteiger partial charge on any atom is -0.497 e. The first-order valence-corrected chi connectivity index (χ1v) is 15.0. The Kier molecular flexibility index (Phi) is 8.95. The molecule has 0 spiro atoms. The minimum atomic E-state index is -2.95. The van der Waals surface area contributed by atoms with Gasteiger partial charge in [0.2, 0.25) is 5.82 Å². The summed E-state index contributed by atoms with van der Waals surface area (Å²) < 4.78 is 33.9. The molecular formula is C25H32N4O6S2. The van der Waals surface area contributed by atoms with Crippen molar-refractivity contribution >= 4 is 37.3 Å². The van der Waals surface area contributed by atoms with E-state index in [0.29, 0.717) is 41.6 Å². The average Bonchev–Trinajstić information content (AvgIpc) is 3.30. The first kappa shape index (κ1) is 27.2. The van der Waals surface area contributed by atoms with Gasteiger partial charge in [-0.05, 0) is 54.9 Å². The van der Waals surface area contributed by atoms with Gasteiger partial charge >= 0.3 is 0 Å². The molecule has 1 fully saturated rings. The zero-order chi connectivity index (χ0) is 26.4. The van der Waals surface area contributed by atoms with E-state index in [2.05, 4.69) is 20.2 Å². The third-order valence-corrected chi connectivity index (χ3v) is 8.26. The van der Waals surface area contributed by atoms with Crippen molar-refractivity contribution in [1.82, 2.24) is 20.2 Å². The molecular weight excluding hydrogens is 516 g/mol. The van der Waals surface area contributed by atoms with Gasteiger partial charge in [0, 0.05) is 31.5 Å². The number of hydrogen-bond acceptors (Lipinski definition) is 9. The number of H-pyrrole nitrogens is 1. The maximum Gasteiger partial charge on any atom is 0.287 e. The molecule has 10 nitrogen and oxygen atoms in total. The number of methoxy groups -OCH3 is 1. The van der Waals surface area contributed by atoms with E-state index in [9.17, 15) is 18.0 Å². The van der Waals surface area contributed by atoms with Crippen LogP contribution in [0.15, 0.2) is 34.4 Å². The van der Waals surface area contributed by atoms with Crippen molar-refractivity contribution in [1.29, 1.82) is 0 Å². The van der Waals surface area contributed by atoms with Gasteiger partial charge in [-0.1, -0.05) is 12.1 Å². The summed E-state index contributed by atoms with van der Waals surface area (Å²) in [5.74, 6) is 0.792. The Balaban J connectivity index is 1.29. The fourth-order valence-corrected chi connectivity index (χ4v) is 5.79. The molecule has 3 heterocycles. The molecule has 200 valence electrons. The van der Waals surface area contributed by atoms with Crippen LogP contribution in [0.4, 0.5) is 0 Å². The number of rotatable bonds is 11. The van der Waals surface area contributed by atoms with Crippen molar-refractivity contribution in [3.8, 4) is 5.75 Å². The number of nitrogens with zero attached hydrogens (tertiary/aromatic N) is 2. The maximum atomic E-state index is 12.8. The summed E-state index contributed by atoms with van der Waals surface area (Å²) in [6.45, 7) is 3.43. The molecule has 0 unspecified atom stereocenters. The van der Waals surface area contributed by atoms with Gasteiger partial charge < -0.3 is 24.7 Å². The normalized spacial score (nSPS) is 15.2. The monoisotopic (exact) mass is 548 g/mol. The highest BCUT2D eigenvalue weighted by molar-refractivity contribution is 7.90. The lowest BCUT2D eigenvalue weighted by Crippen LogP contribution is -2.37. The molecule has 1 aromatic carbocycles. The van der Waals surface area contributed by atoms with E-state index >= 15 is 0 Å². The van der Waals surface area contributed by atoms with Crippen LogP contribution >= 0.6 is 11.3 Å². The molecule has 0 radical (unpaired) electrons. The van der Waals surface area contributed by atoms with E-state index in [1.54, 1.807) is 7.11 Å². The first-order valence-electron chi connectivity index (χ1n) is 12.1. The molecule has 1 aliphatic rings. The molecule has 1 amide bonds. The highest BCUT2D eigenvalue weighted by Gasteiger charge is 2.21. The van der Waals surface area contributed by atoms with Crippen molar-refractivity contribution in [3.63, 3.8) is 0 Å². The van der Waals surface area contributed by atoms with E-state index in [-0.39, 0.29) is 23.7 Å². The number of carbonyl (C=O) groups excluding carboxylic acids is 1. The highest BCUT2D eigenvalue weighted by Crippen LogP contribution is 2.23. The second kappa shape index (κ2) is 12.2. The number of carbonyl (C=O) groups is 1. The number of sulfone groups is 1. The van der Waals surface area contributed by atoms with Crippen LogP contribution in [0.1, 0.15) is 34.6 Å². The minimum absolute atomic E-state index is 0.0302. The number of benzene rings is 1. The van der Waals surface area contributed by atoms with E-state index in [4.69, 9.17) is 9.47 Å². The molecule has 0 atom stereocenters. The van der Waals surface area contributed by atoms with Crippen molar-refractivity contribution in [2.45, 2.75) is 26.0 Å². The van der Waals surface area contributed by atoms with Gasteiger partial charge in [0.05, 0.1) is 24.9 Å². The topological polar surface area (TPSA) is 131 Å². The predicted octanol–water partition coefficient (Wildman–Crippen LogP) is 2.20. The third kappa shape index (κ3) is 7.60. The smallest absolute Gasteiger partial charge is 0.287 e. The van der Waals surface area contributed by atoms with Gasteiger partial charge in [-0.2, -0.15) is 0 Å². The molecule has 0 saturated carbocycles. The Bertz CT molecular complexity index is 1390. The number of amides is 1. The Morgan fingerprint density at radius 3 is 2.81 bits per heavy atom. The fraction of sp³-hybridized carbons (Fsp3) is 0.480. The predicted molar refractivity (Wildman–Crippen MR) is 143 cm³/mol. The summed E-state index contributed by atoms with van der Waals surface area (Å²) in [5.41, 5.74) is 1.25. The molecule has 37 heavy (non-hydrogen) atoms. The zero-order valence-corrected chi connectivity index (χ0v) is 22.6. The highest BCUT2D eigenvalue weighted by atomic mass is 32.2. The lowest BCUT2D eigenvalue weighted by atomic mass is 9.98. The van der Waals surface area contributed by atoms with E-state index in [1.807, 2.05) is 29.6 Å². The summed E-state index contributed by atoms with van der Waals surface area (Å²) in [6, 6.07) is 7.36. The molecule has 1 aliphatic heterocycles. The molecule has 3 aromatic rings. The van der Waals surface area contributed by atoms with Crippen LogP contribution < -0.4 is 15.6 Å². The molecule has 0 aliphatic carbocycles. The molecule has 12 heteroatoms. The number of ether oxygens (including phenoxy) is 2. The van der Waals surface area contributed by atoms with E-state index in [1.165, 1.54) is 17.6 Å². The van der Waals surface area contributed by atoms with Crippen LogP contribution in [0.5, 0.6) is 5.75 Å². The summed E-state index contributed by atoms with van der Waals surface area (Å²) >= 11 is 1.31. The Labute approximate surface area is 219 Å². The molecule has 1 saturated heterocycles. The third-order valence-electron chi connectivity index (χ3n) is 6.42. The summed E-state index contributed by atoms with van der Waals surface area (Å²) in [5, 5.41) is 5.07. The second-order valence-corrected chi connectivity index (χ2v) is 12.4. The first-order chi connectivity index (χ1) is 17.7. The van der Waals surface area contributed by atoms with Gasteiger partial charge in [0.15, 0.2) is 0 Å². The fourth-order valence-electron chi connectivity index (χ4n) is 4.28. The molecule has 4 rings (SSSR count). The van der Waals surface area contributed by atoms with Gasteiger partial charge in [0.25, 0.3) is 11.5 Å². The zero-order valence-electron chi connectivity index (χ0n) is 21.0. The van der Waals surface area contributed by atoms with Crippen molar-refractivity contribution in [2.24, 2.45) is 5.92 Å². The molecule has 0 bridgehead atoms. The molecule has 2 aromatic heterocycles. The Morgan fingerprint density at radius 1 is 1.30 bits per heavy atom. The number of thiophene rings is 1. The second-order valence-electron chi connectivity index (χ2n) is 9.32. The van der Waals surface area contributed by atoms with Crippen molar-refractivity contribution in [3.05, 3.63) is 57.0 Å². The number of nitrogens with one attached hydrogen (secondary N) is 2. The summed E-state index contributed by atoms with van der Waals surface area (Å²) in [4.78, 5) is 35.0. The molecule has 2 N–H and O–H groups in total. The number of hydrogen-bond donors (Lipinski definition) is 2. The van der Waals surface area contributed by atoms with Gasteiger partial charge in [-0.15, -0.1) is 11.3 Å². The van der Waals surface area contributed by atoms with E-state index in [0.717, 1.165) is 37.1 Å². The van der Waals surface area contributed by atoms with Crippen LogP contribution in [0.2, 0.25) is 0 Å².